The Bertz CT molecular complexity index is 305. The Kier molecular flexibility index (Phi) is 2.96. The lowest BCUT2D eigenvalue weighted by Gasteiger charge is -2.16. The van der Waals surface area contributed by atoms with E-state index < -0.39 is 0 Å². The first-order valence-corrected chi connectivity index (χ1v) is 4.25. The first kappa shape index (κ1) is 9.65. The van der Waals surface area contributed by atoms with Gasteiger partial charge >= 0.3 is 0 Å². The van der Waals surface area contributed by atoms with Crippen LogP contribution in [-0.4, -0.2) is 19.2 Å². The van der Waals surface area contributed by atoms with Gasteiger partial charge in [-0.1, -0.05) is 6.08 Å². The lowest BCUT2D eigenvalue weighted by atomic mass is 10.1. The summed E-state index contributed by atoms with van der Waals surface area (Å²) in [5.41, 5.74) is 2.22. The van der Waals surface area contributed by atoms with Crippen molar-refractivity contribution in [3.05, 3.63) is 36.4 Å². The average molecular weight is 177 g/mol. The number of hydrogen-bond acceptors (Lipinski definition) is 2. The number of rotatable bonds is 3. The molecule has 2 heteroatoms. The molecule has 13 heavy (non-hydrogen) atoms. The molecule has 0 amide bonds. The molecule has 0 unspecified atom stereocenters. The molecule has 2 nitrogen and oxygen atoms in total. The monoisotopic (exact) mass is 177 g/mol. The molecule has 70 valence electrons. The van der Waals surface area contributed by atoms with Crippen LogP contribution in [0, 0.1) is 0 Å². The van der Waals surface area contributed by atoms with Gasteiger partial charge in [0.05, 0.1) is 0 Å². The van der Waals surface area contributed by atoms with Gasteiger partial charge in [-0.2, -0.15) is 0 Å². The zero-order valence-electron chi connectivity index (χ0n) is 8.12. The highest BCUT2D eigenvalue weighted by Crippen LogP contribution is 2.23. The fourth-order valence-electron chi connectivity index (χ4n) is 1.33. The Hall–Kier alpha value is -1.44. The van der Waals surface area contributed by atoms with Crippen molar-refractivity contribution < 1.29 is 5.11 Å². The average Bonchev–Trinajstić information content (AvgIpc) is 2.04. The van der Waals surface area contributed by atoms with E-state index in [1.165, 1.54) is 0 Å². The zero-order valence-corrected chi connectivity index (χ0v) is 8.12. The summed E-state index contributed by atoms with van der Waals surface area (Å²) in [5.74, 6) is 0.308. The minimum Gasteiger partial charge on any atom is -0.508 e. The quantitative estimate of drug-likeness (QED) is 0.715. The van der Waals surface area contributed by atoms with Gasteiger partial charge in [-0.15, -0.1) is 6.58 Å². The van der Waals surface area contributed by atoms with Gasteiger partial charge < -0.3 is 10.0 Å². The van der Waals surface area contributed by atoms with E-state index >= 15 is 0 Å². The molecule has 1 rings (SSSR count). The molecule has 0 aliphatic heterocycles. The lowest BCUT2D eigenvalue weighted by molar-refractivity contribution is 0.475. The molecular formula is C11H15NO. The molecule has 0 aromatic heterocycles. The summed E-state index contributed by atoms with van der Waals surface area (Å²) in [6.07, 6.45) is 2.61. The summed E-state index contributed by atoms with van der Waals surface area (Å²) in [6, 6.07) is 5.38. The van der Waals surface area contributed by atoms with Crippen molar-refractivity contribution in [2.45, 2.75) is 6.42 Å². The number of phenols is 1. The van der Waals surface area contributed by atoms with Crippen molar-refractivity contribution in [2.24, 2.45) is 0 Å². The predicted octanol–water partition coefficient (Wildman–Crippen LogP) is 2.19. The third kappa shape index (κ3) is 2.25. The van der Waals surface area contributed by atoms with Crippen LogP contribution in [-0.2, 0) is 6.42 Å². The van der Waals surface area contributed by atoms with Crippen molar-refractivity contribution in [2.75, 3.05) is 19.0 Å². The van der Waals surface area contributed by atoms with E-state index in [1.807, 2.05) is 31.1 Å². The summed E-state index contributed by atoms with van der Waals surface area (Å²) < 4.78 is 0. The Morgan fingerprint density at radius 3 is 2.69 bits per heavy atom. The van der Waals surface area contributed by atoms with Crippen LogP contribution in [0.25, 0.3) is 0 Å². The second-order valence-corrected chi connectivity index (χ2v) is 3.20. The number of aromatic hydroxyl groups is 1. The number of hydrogen-bond donors (Lipinski definition) is 1. The SMILES string of the molecule is C=CCc1cc(O)ccc1N(C)C. The van der Waals surface area contributed by atoms with Crippen LogP contribution in [0.4, 0.5) is 5.69 Å². The third-order valence-corrected chi connectivity index (χ3v) is 1.91. The van der Waals surface area contributed by atoms with Crippen molar-refractivity contribution in [1.82, 2.24) is 0 Å². The van der Waals surface area contributed by atoms with E-state index in [1.54, 1.807) is 12.1 Å². The number of phenolic OH excluding ortho intramolecular Hbond substituents is 1. The maximum absolute atomic E-state index is 9.29. The molecule has 0 aliphatic carbocycles. The zero-order chi connectivity index (χ0) is 9.84. The van der Waals surface area contributed by atoms with Crippen LogP contribution in [0.2, 0.25) is 0 Å². The van der Waals surface area contributed by atoms with Crippen molar-refractivity contribution >= 4 is 5.69 Å². The van der Waals surface area contributed by atoms with Crippen LogP contribution < -0.4 is 4.90 Å². The largest absolute Gasteiger partial charge is 0.508 e. The van der Waals surface area contributed by atoms with Gasteiger partial charge in [0.15, 0.2) is 0 Å². The van der Waals surface area contributed by atoms with E-state index in [9.17, 15) is 5.11 Å². The van der Waals surface area contributed by atoms with Gasteiger partial charge in [-0.3, -0.25) is 0 Å². The maximum atomic E-state index is 9.29. The van der Waals surface area contributed by atoms with Crippen molar-refractivity contribution in [3.8, 4) is 5.75 Å². The van der Waals surface area contributed by atoms with Crippen LogP contribution in [0.3, 0.4) is 0 Å². The van der Waals surface area contributed by atoms with Gasteiger partial charge in [0, 0.05) is 19.8 Å². The third-order valence-electron chi connectivity index (χ3n) is 1.91. The summed E-state index contributed by atoms with van der Waals surface area (Å²) in [5, 5.41) is 9.29. The molecule has 0 fully saturated rings. The second-order valence-electron chi connectivity index (χ2n) is 3.20. The van der Waals surface area contributed by atoms with Gasteiger partial charge in [-0.25, -0.2) is 0 Å². The standard InChI is InChI=1S/C11H15NO/c1-4-5-9-8-10(13)6-7-11(9)12(2)3/h4,6-8,13H,1,5H2,2-3H3. The molecule has 0 saturated carbocycles. The molecule has 0 atom stereocenters. The highest BCUT2D eigenvalue weighted by atomic mass is 16.3. The first-order valence-electron chi connectivity index (χ1n) is 4.25. The van der Waals surface area contributed by atoms with Crippen LogP contribution in [0.5, 0.6) is 5.75 Å². The summed E-state index contributed by atoms with van der Waals surface area (Å²) in [6.45, 7) is 3.69. The minimum absolute atomic E-state index is 0.308. The highest BCUT2D eigenvalue weighted by molar-refractivity contribution is 5.55. The number of allylic oxidation sites excluding steroid dienone is 1. The molecule has 0 saturated heterocycles. The molecule has 1 aromatic carbocycles. The molecule has 0 heterocycles. The Morgan fingerprint density at radius 1 is 1.46 bits per heavy atom. The minimum atomic E-state index is 0.308. The number of benzene rings is 1. The van der Waals surface area contributed by atoms with Crippen LogP contribution in [0.1, 0.15) is 5.56 Å². The lowest BCUT2D eigenvalue weighted by Crippen LogP contribution is -2.10. The van der Waals surface area contributed by atoms with Crippen LogP contribution >= 0.6 is 0 Å². The van der Waals surface area contributed by atoms with E-state index in [-0.39, 0.29) is 0 Å². The highest BCUT2D eigenvalue weighted by Gasteiger charge is 2.03. The Morgan fingerprint density at radius 2 is 2.15 bits per heavy atom. The van der Waals surface area contributed by atoms with Gasteiger partial charge in [0.2, 0.25) is 0 Å². The van der Waals surface area contributed by atoms with Crippen LogP contribution in [0.15, 0.2) is 30.9 Å². The number of nitrogens with zero attached hydrogens (tertiary/aromatic N) is 1. The van der Waals surface area contributed by atoms with E-state index in [2.05, 4.69) is 6.58 Å². The van der Waals surface area contributed by atoms with Gasteiger partial charge in [0.1, 0.15) is 5.75 Å². The molecular weight excluding hydrogens is 162 g/mol. The van der Waals surface area contributed by atoms with Crippen molar-refractivity contribution in [3.63, 3.8) is 0 Å². The predicted molar refractivity (Wildman–Crippen MR) is 56.3 cm³/mol. The molecule has 1 N–H and O–H groups in total. The fourth-order valence-corrected chi connectivity index (χ4v) is 1.33. The van der Waals surface area contributed by atoms with E-state index in [0.29, 0.717) is 5.75 Å². The van der Waals surface area contributed by atoms with Gasteiger partial charge in [0.25, 0.3) is 0 Å². The topological polar surface area (TPSA) is 23.5 Å². The summed E-state index contributed by atoms with van der Waals surface area (Å²) >= 11 is 0. The molecule has 0 radical (unpaired) electrons. The Labute approximate surface area is 79.1 Å². The summed E-state index contributed by atoms with van der Waals surface area (Å²) in [7, 11) is 3.97. The van der Waals surface area contributed by atoms with E-state index in [4.69, 9.17) is 0 Å². The van der Waals surface area contributed by atoms with Crippen molar-refractivity contribution in [1.29, 1.82) is 0 Å². The van der Waals surface area contributed by atoms with E-state index in [0.717, 1.165) is 17.7 Å². The smallest absolute Gasteiger partial charge is 0.116 e. The van der Waals surface area contributed by atoms with Gasteiger partial charge in [-0.05, 0) is 30.2 Å². The maximum Gasteiger partial charge on any atom is 0.116 e. The normalized spacial score (nSPS) is 9.69. The summed E-state index contributed by atoms with van der Waals surface area (Å²) in [4.78, 5) is 2.03. The number of anilines is 1. The molecule has 1 aromatic rings. The first-order chi connectivity index (χ1) is 6.15. The molecule has 0 aliphatic rings. The Balaban J connectivity index is 3.10. The fraction of sp³-hybridized carbons (Fsp3) is 0.273. The molecule has 0 spiro atoms. The second kappa shape index (κ2) is 3.99. The molecule has 0 bridgehead atoms.